The first-order chi connectivity index (χ1) is 11.8. The molecular formula is C15H17N3O6S. The number of carbonyl (C=O) groups is 2. The lowest BCUT2D eigenvalue weighted by Crippen LogP contribution is -2.22. The molecule has 25 heavy (non-hydrogen) atoms. The fourth-order valence-corrected chi connectivity index (χ4v) is 2.69. The first kappa shape index (κ1) is 18.6. The highest BCUT2D eigenvalue weighted by Gasteiger charge is 2.19. The van der Waals surface area contributed by atoms with Crippen molar-refractivity contribution in [1.29, 1.82) is 0 Å². The van der Waals surface area contributed by atoms with Crippen LogP contribution in [0.4, 0.5) is 6.01 Å². The summed E-state index contributed by atoms with van der Waals surface area (Å²) in [7, 11) is -0.738. The number of anilines is 1. The summed E-state index contributed by atoms with van der Waals surface area (Å²) < 4.78 is 34.8. The average Bonchev–Trinajstić information content (AvgIpc) is 3.03. The number of ether oxygens (including phenoxy) is 1. The molecule has 1 heterocycles. The van der Waals surface area contributed by atoms with Crippen molar-refractivity contribution in [3.8, 4) is 0 Å². The van der Waals surface area contributed by atoms with E-state index in [4.69, 9.17) is 9.15 Å². The SMILES string of the molecule is CCOC(=O)c1coc(NC(=O)c2ccc(S(=O)(=O)N(C)C)cc2)n1. The zero-order valence-corrected chi connectivity index (χ0v) is 14.7. The van der Waals surface area contributed by atoms with Gasteiger partial charge in [0.1, 0.15) is 6.26 Å². The number of aromatic nitrogens is 1. The summed E-state index contributed by atoms with van der Waals surface area (Å²) in [5.74, 6) is -1.23. The number of sulfonamides is 1. The van der Waals surface area contributed by atoms with Gasteiger partial charge in [-0.2, -0.15) is 4.98 Å². The third-order valence-electron chi connectivity index (χ3n) is 3.10. The zero-order valence-electron chi connectivity index (χ0n) is 13.8. The maximum absolute atomic E-state index is 12.1. The molecular weight excluding hydrogens is 350 g/mol. The summed E-state index contributed by atoms with van der Waals surface area (Å²) in [5, 5.41) is 2.37. The van der Waals surface area contributed by atoms with Gasteiger partial charge in [0.25, 0.3) is 5.91 Å². The van der Waals surface area contributed by atoms with Gasteiger partial charge in [-0.15, -0.1) is 0 Å². The van der Waals surface area contributed by atoms with E-state index in [1.165, 1.54) is 38.4 Å². The molecule has 134 valence electrons. The summed E-state index contributed by atoms with van der Waals surface area (Å²) in [6, 6.07) is 5.20. The Morgan fingerprint density at radius 1 is 1.24 bits per heavy atom. The van der Waals surface area contributed by atoms with Crippen LogP contribution < -0.4 is 5.32 Å². The molecule has 0 saturated carbocycles. The van der Waals surface area contributed by atoms with Gasteiger partial charge >= 0.3 is 12.0 Å². The second-order valence-electron chi connectivity index (χ2n) is 5.02. The standard InChI is InChI=1S/C15H17N3O6S/c1-4-23-14(20)12-9-24-15(16-12)17-13(19)10-5-7-11(8-6-10)25(21,22)18(2)3/h5-9H,4H2,1-3H3,(H,16,17,19). The fourth-order valence-electron chi connectivity index (χ4n) is 1.79. The van der Waals surface area contributed by atoms with Crippen LogP contribution in [0.2, 0.25) is 0 Å². The molecule has 1 amide bonds. The molecule has 9 nitrogen and oxygen atoms in total. The molecule has 2 rings (SSSR count). The number of hydrogen-bond acceptors (Lipinski definition) is 7. The quantitative estimate of drug-likeness (QED) is 0.766. The van der Waals surface area contributed by atoms with Gasteiger partial charge in [0.15, 0.2) is 5.69 Å². The number of esters is 1. The van der Waals surface area contributed by atoms with Gasteiger partial charge in [0, 0.05) is 19.7 Å². The lowest BCUT2D eigenvalue weighted by molar-refractivity contribution is 0.0519. The van der Waals surface area contributed by atoms with Gasteiger partial charge in [-0.25, -0.2) is 17.5 Å². The van der Waals surface area contributed by atoms with Crippen LogP contribution in [-0.2, 0) is 14.8 Å². The highest BCUT2D eigenvalue weighted by atomic mass is 32.2. The molecule has 0 atom stereocenters. The second-order valence-corrected chi connectivity index (χ2v) is 7.18. The summed E-state index contributed by atoms with van der Waals surface area (Å²) in [4.78, 5) is 27.5. The van der Waals surface area contributed by atoms with Crippen molar-refractivity contribution in [3.05, 3.63) is 41.8 Å². The number of oxazole rings is 1. The van der Waals surface area contributed by atoms with Crippen LogP contribution in [-0.4, -0.2) is 50.3 Å². The molecule has 0 aliphatic rings. The molecule has 2 aromatic rings. The Bertz CT molecular complexity index is 871. The minimum absolute atomic E-state index is 0.0646. The van der Waals surface area contributed by atoms with Gasteiger partial charge in [-0.3, -0.25) is 10.1 Å². The molecule has 1 aromatic heterocycles. The van der Waals surface area contributed by atoms with Gasteiger partial charge in [0.2, 0.25) is 10.0 Å². The van der Waals surface area contributed by atoms with Gasteiger partial charge in [0.05, 0.1) is 11.5 Å². The van der Waals surface area contributed by atoms with Crippen LogP contribution in [0.5, 0.6) is 0 Å². The minimum atomic E-state index is -3.57. The van der Waals surface area contributed by atoms with Crippen molar-refractivity contribution < 1.29 is 27.2 Å². The summed E-state index contributed by atoms with van der Waals surface area (Å²) in [6.45, 7) is 1.84. The normalized spacial score (nSPS) is 11.4. The highest BCUT2D eigenvalue weighted by molar-refractivity contribution is 7.89. The van der Waals surface area contributed by atoms with Crippen LogP contribution in [0.1, 0.15) is 27.8 Å². The lowest BCUT2D eigenvalue weighted by atomic mass is 10.2. The van der Waals surface area contributed by atoms with Crippen molar-refractivity contribution in [3.63, 3.8) is 0 Å². The number of hydrogen-bond donors (Lipinski definition) is 1. The number of nitrogens with one attached hydrogen (secondary N) is 1. The largest absolute Gasteiger partial charge is 0.461 e. The number of amides is 1. The monoisotopic (exact) mass is 367 g/mol. The van der Waals surface area contributed by atoms with E-state index in [1.807, 2.05) is 0 Å². The summed E-state index contributed by atoms with van der Waals surface area (Å²) >= 11 is 0. The van der Waals surface area contributed by atoms with Crippen LogP contribution in [0.25, 0.3) is 0 Å². The van der Waals surface area contributed by atoms with Gasteiger partial charge < -0.3 is 9.15 Å². The van der Waals surface area contributed by atoms with Crippen molar-refractivity contribution in [1.82, 2.24) is 9.29 Å². The Balaban J connectivity index is 2.10. The van der Waals surface area contributed by atoms with Gasteiger partial charge in [-0.05, 0) is 31.2 Å². The molecule has 0 aliphatic heterocycles. The molecule has 0 spiro atoms. The maximum atomic E-state index is 12.1. The van der Waals surface area contributed by atoms with E-state index in [1.54, 1.807) is 6.92 Å². The summed E-state index contributed by atoms with van der Waals surface area (Å²) in [5.41, 5.74) is 0.137. The number of rotatable bonds is 6. The average molecular weight is 367 g/mol. The number of benzene rings is 1. The molecule has 0 aliphatic carbocycles. The predicted molar refractivity (Wildman–Crippen MR) is 87.7 cm³/mol. The minimum Gasteiger partial charge on any atom is -0.461 e. The number of nitrogens with zero attached hydrogens (tertiary/aromatic N) is 2. The van der Waals surface area contributed by atoms with Gasteiger partial charge in [-0.1, -0.05) is 0 Å². The molecule has 0 fully saturated rings. The predicted octanol–water partition coefficient (Wildman–Crippen LogP) is 1.35. The van der Waals surface area contributed by atoms with E-state index in [-0.39, 0.29) is 28.8 Å². The molecule has 1 N–H and O–H groups in total. The first-order valence-electron chi connectivity index (χ1n) is 7.22. The molecule has 0 bridgehead atoms. The third kappa shape index (κ3) is 4.22. The molecule has 0 saturated heterocycles. The topological polar surface area (TPSA) is 119 Å². The van der Waals surface area contributed by atoms with E-state index < -0.39 is 21.9 Å². The Kier molecular flexibility index (Phi) is 5.55. The Hall–Kier alpha value is -2.72. The maximum Gasteiger partial charge on any atom is 0.360 e. The van der Waals surface area contributed by atoms with Crippen molar-refractivity contribution in [2.45, 2.75) is 11.8 Å². The fraction of sp³-hybridized carbons (Fsp3) is 0.267. The van der Waals surface area contributed by atoms with Crippen molar-refractivity contribution in [2.75, 3.05) is 26.0 Å². The smallest absolute Gasteiger partial charge is 0.360 e. The Labute approximate surface area is 144 Å². The zero-order chi connectivity index (χ0) is 18.6. The van der Waals surface area contributed by atoms with Crippen molar-refractivity contribution >= 4 is 27.9 Å². The van der Waals surface area contributed by atoms with Crippen LogP contribution >= 0.6 is 0 Å². The lowest BCUT2D eigenvalue weighted by Gasteiger charge is -2.11. The molecule has 10 heteroatoms. The third-order valence-corrected chi connectivity index (χ3v) is 4.93. The van der Waals surface area contributed by atoms with E-state index in [0.717, 1.165) is 10.6 Å². The van der Waals surface area contributed by atoms with Crippen molar-refractivity contribution in [2.24, 2.45) is 0 Å². The van der Waals surface area contributed by atoms with Crippen LogP contribution in [0.3, 0.4) is 0 Å². The van der Waals surface area contributed by atoms with E-state index in [0.29, 0.717) is 0 Å². The molecule has 0 unspecified atom stereocenters. The highest BCUT2D eigenvalue weighted by Crippen LogP contribution is 2.15. The van der Waals surface area contributed by atoms with Crippen LogP contribution in [0.15, 0.2) is 39.8 Å². The van der Waals surface area contributed by atoms with E-state index in [9.17, 15) is 18.0 Å². The first-order valence-corrected chi connectivity index (χ1v) is 8.66. The molecule has 1 aromatic carbocycles. The van der Waals surface area contributed by atoms with E-state index in [2.05, 4.69) is 10.3 Å². The number of carbonyl (C=O) groups excluding carboxylic acids is 2. The molecule has 0 radical (unpaired) electrons. The van der Waals surface area contributed by atoms with Crippen LogP contribution in [0, 0.1) is 0 Å². The Morgan fingerprint density at radius 3 is 2.44 bits per heavy atom. The second kappa shape index (κ2) is 7.45. The Morgan fingerprint density at radius 2 is 1.88 bits per heavy atom. The summed E-state index contributed by atoms with van der Waals surface area (Å²) in [6.07, 6.45) is 1.07. The van der Waals surface area contributed by atoms with E-state index >= 15 is 0 Å².